The summed E-state index contributed by atoms with van der Waals surface area (Å²) in [5.41, 5.74) is -1.96. The van der Waals surface area contributed by atoms with Crippen LogP contribution in [0.3, 0.4) is 0 Å². The molecule has 254 valence electrons. The third-order valence-corrected chi connectivity index (χ3v) is 8.80. The number of halogens is 10. The van der Waals surface area contributed by atoms with Crippen molar-refractivity contribution in [1.82, 2.24) is 20.0 Å². The van der Waals surface area contributed by atoms with E-state index in [0.29, 0.717) is 16.7 Å². The van der Waals surface area contributed by atoms with Gasteiger partial charge in [-0.25, -0.2) is 43.9 Å². The van der Waals surface area contributed by atoms with Crippen LogP contribution in [-0.2, 0) is 22.7 Å². The first-order valence-corrected chi connectivity index (χ1v) is 14.5. The topological polar surface area (TPSA) is 73.0 Å². The highest BCUT2D eigenvalue weighted by Gasteiger charge is 2.42. The minimum atomic E-state index is -2.61. The van der Waals surface area contributed by atoms with Gasteiger partial charge in [0, 0.05) is 51.3 Å². The molecule has 0 saturated carbocycles. The molecule has 0 aliphatic carbocycles. The van der Waals surface area contributed by atoms with Gasteiger partial charge in [-0.1, -0.05) is 12.1 Å². The molecule has 3 aliphatic rings. The predicted molar refractivity (Wildman–Crippen MR) is 144 cm³/mol. The van der Waals surface area contributed by atoms with E-state index in [1.807, 2.05) is 0 Å². The van der Waals surface area contributed by atoms with E-state index in [1.165, 1.54) is 4.90 Å². The molecule has 3 aromatic carbocycles. The second-order valence-corrected chi connectivity index (χ2v) is 11.6. The number of hydrogen-bond donors (Lipinski definition) is 1. The molecule has 1 N–H and O–H groups in total. The van der Waals surface area contributed by atoms with Gasteiger partial charge < -0.3 is 4.90 Å². The first kappa shape index (κ1) is 33.4. The lowest BCUT2D eigenvalue weighted by Gasteiger charge is -2.40. The molecule has 48 heavy (non-hydrogen) atoms. The summed E-state index contributed by atoms with van der Waals surface area (Å²) in [6.45, 7) is -0.594. The highest BCUT2D eigenvalue weighted by Crippen LogP contribution is 2.40. The Balaban J connectivity index is 1.25. The van der Waals surface area contributed by atoms with E-state index in [1.54, 1.807) is 23.1 Å². The molecule has 2 fully saturated rings. The van der Waals surface area contributed by atoms with Crippen LogP contribution < -0.4 is 5.32 Å². The third-order valence-electron chi connectivity index (χ3n) is 8.80. The molecule has 0 spiro atoms. The number of carbonyl (C=O) groups is 3. The molecule has 7 nitrogen and oxygen atoms in total. The summed E-state index contributed by atoms with van der Waals surface area (Å²) in [6, 6.07) is 1.45. The molecule has 3 aromatic rings. The van der Waals surface area contributed by atoms with Crippen molar-refractivity contribution < 1.29 is 58.3 Å². The average molecular weight is 689 g/mol. The number of nitrogens with one attached hydrogen (secondary N) is 1. The van der Waals surface area contributed by atoms with Crippen molar-refractivity contribution in [3.05, 3.63) is 104 Å². The molecular formula is C31H22F10N4O3. The van der Waals surface area contributed by atoms with Crippen LogP contribution in [0.25, 0.3) is 0 Å². The number of benzene rings is 3. The number of hydrogen-bond acceptors (Lipinski definition) is 5. The fourth-order valence-electron chi connectivity index (χ4n) is 6.40. The molecule has 1 atom stereocenters. The second kappa shape index (κ2) is 12.5. The van der Waals surface area contributed by atoms with Crippen LogP contribution in [0.1, 0.15) is 51.5 Å². The van der Waals surface area contributed by atoms with E-state index in [2.05, 4.69) is 5.32 Å². The fourth-order valence-corrected chi connectivity index (χ4v) is 6.40. The number of piperidine rings is 1. The Morgan fingerprint density at radius 2 is 1.19 bits per heavy atom. The van der Waals surface area contributed by atoms with Crippen molar-refractivity contribution in [2.75, 3.05) is 26.2 Å². The normalized spacial score (nSPS) is 19.0. The van der Waals surface area contributed by atoms with Crippen LogP contribution in [0.4, 0.5) is 43.9 Å². The lowest BCUT2D eigenvalue weighted by Crippen LogP contribution is -2.52. The number of carbonyl (C=O) groups excluding carboxylic acids is 3. The van der Waals surface area contributed by atoms with E-state index in [0.717, 1.165) is 4.90 Å². The zero-order valence-electron chi connectivity index (χ0n) is 24.4. The van der Waals surface area contributed by atoms with Gasteiger partial charge in [-0.3, -0.25) is 29.5 Å². The number of rotatable bonds is 6. The molecule has 17 heteroatoms. The van der Waals surface area contributed by atoms with Gasteiger partial charge in [-0.15, -0.1) is 0 Å². The number of fused-ring (bicyclic) bond motifs is 1. The maximum atomic E-state index is 15.0. The van der Waals surface area contributed by atoms with Crippen molar-refractivity contribution >= 4 is 17.7 Å². The number of imide groups is 1. The number of nitrogens with zero attached hydrogens (tertiary/aromatic N) is 3. The quantitative estimate of drug-likeness (QED) is 0.175. The summed E-state index contributed by atoms with van der Waals surface area (Å²) < 4.78 is 145. The lowest BCUT2D eigenvalue weighted by molar-refractivity contribution is -0.136. The standard InChI is InChI=1S/C31H22F10N4O3/c32-19-17(20(33)24(37)27(40)23(19)36)29(18-21(34)25(38)28(41)26(39)22(18)35)44-7-5-43(6-8-44)10-12-1-2-14-13(9-12)11-45(31(14)48)15-3-4-16(46)42-30(15)47/h1-2,9,15,29H,3-8,10-11H2,(H,42,46,47). The Morgan fingerprint density at radius 1 is 0.688 bits per heavy atom. The van der Waals surface area contributed by atoms with Gasteiger partial charge in [-0.05, 0) is 23.6 Å². The fraction of sp³-hybridized carbons (Fsp3) is 0.323. The minimum Gasteiger partial charge on any atom is -0.322 e. The van der Waals surface area contributed by atoms with Crippen molar-refractivity contribution in [1.29, 1.82) is 0 Å². The van der Waals surface area contributed by atoms with Gasteiger partial charge in [-0.2, -0.15) is 0 Å². The predicted octanol–water partition coefficient (Wildman–Crippen LogP) is 4.75. The summed E-state index contributed by atoms with van der Waals surface area (Å²) in [5.74, 6) is -26.4. The highest BCUT2D eigenvalue weighted by molar-refractivity contribution is 6.05. The molecule has 3 heterocycles. The zero-order valence-corrected chi connectivity index (χ0v) is 24.4. The molecular weight excluding hydrogens is 666 g/mol. The van der Waals surface area contributed by atoms with E-state index in [-0.39, 0.29) is 52.1 Å². The Kier molecular flexibility index (Phi) is 8.70. The van der Waals surface area contributed by atoms with Crippen molar-refractivity contribution in [2.24, 2.45) is 0 Å². The Labute approximate surface area is 264 Å². The van der Waals surface area contributed by atoms with E-state index in [4.69, 9.17) is 0 Å². The average Bonchev–Trinajstić information content (AvgIpc) is 3.39. The van der Waals surface area contributed by atoms with Crippen LogP contribution in [0.5, 0.6) is 0 Å². The molecule has 3 amide bonds. The third kappa shape index (κ3) is 5.47. The van der Waals surface area contributed by atoms with E-state index in [9.17, 15) is 58.3 Å². The summed E-state index contributed by atoms with van der Waals surface area (Å²) in [4.78, 5) is 40.8. The smallest absolute Gasteiger partial charge is 0.255 e. The van der Waals surface area contributed by atoms with E-state index < -0.39 is 99.1 Å². The zero-order chi connectivity index (χ0) is 34.8. The minimum absolute atomic E-state index is 0.0558. The summed E-state index contributed by atoms with van der Waals surface area (Å²) in [5, 5.41) is 2.21. The summed E-state index contributed by atoms with van der Waals surface area (Å²) in [7, 11) is 0. The second-order valence-electron chi connectivity index (χ2n) is 11.6. The first-order chi connectivity index (χ1) is 22.7. The first-order valence-electron chi connectivity index (χ1n) is 14.5. The molecule has 6 rings (SSSR count). The molecule has 0 bridgehead atoms. The summed E-state index contributed by atoms with van der Waals surface area (Å²) in [6.07, 6.45) is 0.238. The van der Waals surface area contributed by atoms with E-state index >= 15 is 0 Å². The van der Waals surface area contributed by atoms with Crippen molar-refractivity contribution in [3.8, 4) is 0 Å². The van der Waals surface area contributed by atoms with Crippen LogP contribution >= 0.6 is 0 Å². The molecule has 1 unspecified atom stereocenters. The van der Waals surface area contributed by atoms with Gasteiger partial charge in [0.05, 0.1) is 17.2 Å². The number of piperazine rings is 1. The molecule has 0 aromatic heterocycles. The Morgan fingerprint density at radius 3 is 1.69 bits per heavy atom. The largest absolute Gasteiger partial charge is 0.322 e. The molecule has 3 aliphatic heterocycles. The SMILES string of the molecule is O=C1CCC(N2Cc3cc(CN4CCN(C(c5c(F)c(F)c(F)c(F)c5F)c5c(F)c(F)c(F)c(F)c5F)CC4)ccc3C2=O)C(=O)N1. The van der Waals surface area contributed by atoms with Gasteiger partial charge >= 0.3 is 0 Å². The highest BCUT2D eigenvalue weighted by atomic mass is 19.2. The van der Waals surface area contributed by atoms with Crippen molar-refractivity contribution in [2.45, 2.75) is 38.0 Å². The molecule has 2 saturated heterocycles. The van der Waals surface area contributed by atoms with Crippen molar-refractivity contribution in [3.63, 3.8) is 0 Å². The molecule has 0 radical (unpaired) electrons. The van der Waals surface area contributed by atoms with Crippen LogP contribution in [-0.4, -0.2) is 64.6 Å². The van der Waals surface area contributed by atoms with Crippen LogP contribution in [0, 0.1) is 58.2 Å². The number of amides is 3. The lowest BCUT2D eigenvalue weighted by atomic mass is 9.93. The maximum absolute atomic E-state index is 15.0. The Bertz CT molecular complexity index is 1750. The summed E-state index contributed by atoms with van der Waals surface area (Å²) >= 11 is 0. The van der Waals surface area contributed by atoms with Crippen LogP contribution in [0.15, 0.2) is 18.2 Å². The monoisotopic (exact) mass is 688 g/mol. The Hall–Kier alpha value is -4.51. The van der Waals surface area contributed by atoms with Gasteiger partial charge in [0.2, 0.25) is 23.4 Å². The van der Waals surface area contributed by atoms with Gasteiger partial charge in [0.25, 0.3) is 5.91 Å². The van der Waals surface area contributed by atoms with Gasteiger partial charge in [0.1, 0.15) is 6.04 Å². The van der Waals surface area contributed by atoms with Crippen LogP contribution in [0.2, 0.25) is 0 Å². The van der Waals surface area contributed by atoms with Gasteiger partial charge in [0.15, 0.2) is 46.5 Å². The maximum Gasteiger partial charge on any atom is 0.255 e.